The summed E-state index contributed by atoms with van der Waals surface area (Å²) in [5, 5.41) is 11.6. The molecule has 0 spiro atoms. The van der Waals surface area contributed by atoms with Crippen LogP contribution in [0.15, 0.2) is 70.9 Å². The quantitative estimate of drug-likeness (QED) is 0.334. The number of rotatable bonds is 6. The number of furan rings is 1. The molecule has 1 aliphatic heterocycles. The molecular formula is C24H20ClNO6. The van der Waals surface area contributed by atoms with Gasteiger partial charge in [-0.1, -0.05) is 11.6 Å². The number of hydrogen-bond acceptors (Lipinski definition) is 6. The Hall–Kier alpha value is -3.71. The number of aliphatic hydroxyl groups is 1. The van der Waals surface area contributed by atoms with E-state index in [0.29, 0.717) is 33.4 Å². The minimum absolute atomic E-state index is 0.0365. The Kier molecular flexibility index (Phi) is 5.92. The van der Waals surface area contributed by atoms with Crippen LogP contribution in [0.25, 0.3) is 5.76 Å². The molecule has 1 aliphatic rings. The van der Waals surface area contributed by atoms with Gasteiger partial charge in [-0.05, 0) is 48.5 Å². The molecule has 3 aromatic rings. The summed E-state index contributed by atoms with van der Waals surface area (Å²) < 4.78 is 16.2. The lowest BCUT2D eigenvalue weighted by Gasteiger charge is -2.26. The summed E-state index contributed by atoms with van der Waals surface area (Å²) in [6, 6.07) is 13.9. The number of ether oxygens (including phenoxy) is 2. The van der Waals surface area contributed by atoms with Crippen molar-refractivity contribution in [2.24, 2.45) is 0 Å². The van der Waals surface area contributed by atoms with Gasteiger partial charge in [0, 0.05) is 22.2 Å². The number of ketones is 1. The van der Waals surface area contributed by atoms with E-state index in [1.165, 1.54) is 25.4 Å². The maximum atomic E-state index is 13.1. The SMILES string of the molecule is COc1ccc(C2/C(=C(\O)c3ccc(Cl)cc3)C(=O)C(=O)N2Cc2ccco2)c(OC)c1. The molecule has 32 heavy (non-hydrogen) atoms. The summed E-state index contributed by atoms with van der Waals surface area (Å²) >= 11 is 5.96. The van der Waals surface area contributed by atoms with Crippen LogP contribution in [-0.4, -0.2) is 35.9 Å². The molecule has 1 fully saturated rings. The average molecular weight is 454 g/mol. The van der Waals surface area contributed by atoms with E-state index in [1.807, 2.05) is 0 Å². The molecule has 0 bridgehead atoms. The lowest BCUT2D eigenvalue weighted by Crippen LogP contribution is -2.29. The molecule has 8 heteroatoms. The van der Waals surface area contributed by atoms with E-state index < -0.39 is 17.7 Å². The number of aliphatic hydroxyl groups excluding tert-OH is 1. The van der Waals surface area contributed by atoms with Crippen LogP contribution in [0.5, 0.6) is 11.5 Å². The summed E-state index contributed by atoms with van der Waals surface area (Å²) in [5.41, 5.74) is 0.838. The first-order chi connectivity index (χ1) is 15.4. The Morgan fingerprint density at radius 1 is 1.09 bits per heavy atom. The van der Waals surface area contributed by atoms with E-state index in [9.17, 15) is 14.7 Å². The number of nitrogens with zero attached hydrogens (tertiary/aromatic N) is 1. The Morgan fingerprint density at radius 2 is 1.84 bits per heavy atom. The molecule has 2 aromatic carbocycles. The predicted molar refractivity (Wildman–Crippen MR) is 118 cm³/mol. The fourth-order valence-electron chi connectivity index (χ4n) is 3.74. The summed E-state index contributed by atoms with van der Waals surface area (Å²) in [7, 11) is 3.01. The Morgan fingerprint density at radius 3 is 2.47 bits per heavy atom. The molecule has 7 nitrogen and oxygen atoms in total. The van der Waals surface area contributed by atoms with Gasteiger partial charge in [-0.2, -0.15) is 0 Å². The number of methoxy groups -OCH3 is 2. The molecule has 0 aliphatic carbocycles. The number of carbonyl (C=O) groups is 2. The molecule has 1 aromatic heterocycles. The van der Waals surface area contributed by atoms with E-state index in [-0.39, 0.29) is 17.9 Å². The van der Waals surface area contributed by atoms with E-state index in [1.54, 1.807) is 54.6 Å². The molecule has 1 atom stereocenters. The second-order valence-electron chi connectivity index (χ2n) is 7.12. The highest BCUT2D eigenvalue weighted by Gasteiger charge is 2.47. The van der Waals surface area contributed by atoms with Crippen LogP contribution >= 0.6 is 11.6 Å². The Balaban J connectivity index is 1.91. The number of benzene rings is 2. The second kappa shape index (κ2) is 8.80. The van der Waals surface area contributed by atoms with Gasteiger partial charge in [0.15, 0.2) is 0 Å². The topological polar surface area (TPSA) is 89.2 Å². The third kappa shape index (κ3) is 3.83. The molecule has 1 N–H and O–H groups in total. The first-order valence-electron chi connectivity index (χ1n) is 9.73. The monoisotopic (exact) mass is 453 g/mol. The fraction of sp³-hybridized carbons (Fsp3) is 0.167. The summed E-state index contributed by atoms with van der Waals surface area (Å²) in [6.45, 7) is 0.0365. The van der Waals surface area contributed by atoms with E-state index in [0.717, 1.165) is 0 Å². The van der Waals surface area contributed by atoms with Crippen molar-refractivity contribution in [3.8, 4) is 11.5 Å². The first-order valence-corrected chi connectivity index (χ1v) is 10.1. The molecule has 2 heterocycles. The zero-order chi connectivity index (χ0) is 22.8. The number of hydrogen-bond donors (Lipinski definition) is 1. The summed E-state index contributed by atoms with van der Waals surface area (Å²) in [4.78, 5) is 27.5. The molecule has 164 valence electrons. The van der Waals surface area contributed by atoms with Gasteiger partial charge in [-0.15, -0.1) is 0 Å². The highest BCUT2D eigenvalue weighted by Crippen LogP contribution is 2.44. The number of halogens is 1. The second-order valence-corrected chi connectivity index (χ2v) is 7.56. The van der Waals surface area contributed by atoms with Gasteiger partial charge in [-0.25, -0.2) is 0 Å². The molecule has 1 saturated heterocycles. The third-order valence-corrected chi connectivity index (χ3v) is 5.55. The molecule has 1 unspecified atom stereocenters. The predicted octanol–water partition coefficient (Wildman–Crippen LogP) is 4.57. The van der Waals surface area contributed by atoms with Crippen LogP contribution in [0.2, 0.25) is 5.02 Å². The minimum atomic E-state index is -0.906. The van der Waals surface area contributed by atoms with Gasteiger partial charge < -0.3 is 23.9 Å². The van der Waals surface area contributed by atoms with Crippen LogP contribution in [0.4, 0.5) is 0 Å². The molecule has 4 rings (SSSR count). The first kappa shape index (κ1) is 21.5. The molecule has 0 saturated carbocycles. The van der Waals surface area contributed by atoms with E-state index in [4.69, 9.17) is 25.5 Å². The van der Waals surface area contributed by atoms with E-state index >= 15 is 0 Å². The Bertz CT molecular complexity index is 1180. The minimum Gasteiger partial charge on any atom is -0.507 e. The van der Waals surface area contributed by atoms with Crippen molar-refractivity contribution in [1.82, 2.24) is 4.90 Å². The standard InChI is InChI=1S/C24H20ClNO6/c1-30-16-9-10-18(19(12-16)31-2)21-20(22(27)14-5-7-15(25)8-6-14)23(28)24(29)26(21)13-17-4-3-11-32-17/h3-12,21,27H,13H2,1-2H3/b22-20+. The number of Topliss-reactive ketones (excluding diaryl/α,β-unsaturated/α-hetero) is 1. The van der Waals surface area contributed by atoms with Gasteiger partial charge in [0.25, 0.3) is 11.7 Å². The van der Waals surface area contributed by atoms with Gasteiger partial charge >= 0.3 is 0 Å². The average Bonchev–Trinajstić information content (AvgIpc) is 3.41. The largest absolute Gasteiger partial charge is 0.507 e. The van der Waals surface area contributed by atoms with Crippen LogP contribution in [0.3, 0.4) is 0 Å². The highest BCUT2D eigenvalue weighted by molar-refractivity contribution is 6.46. The third-order valence-electron chi connectivity index (χ3n) is 5.30. The van der Waals surface area contributed by atoms with Crippen molar-refractivity contribution in [3.63, 3.8) is 0 Å². The van der Waals surface area contributed by atoms with Crippen molar-refractivity contribution in [2.75, 3.05) is 14.2 Å². The Labute approximate surface area is 189 Å². The summed E-state index contributed by atoms with van der Waals surface area (Å²) in [5.74, 6) is -0.402. The maximum absolute atomic E-state index is 13.1. The molecule has 0 radical (unpaired) electrons. The fourth-order valence-corrected chi connectivity index (χ4v) is 3.87. The molecular weight excluding hydrogens is 434 g/mol. The number of amides is 1. The van der Waals surface area contributed by atoms with Crippen molar-refractivity contribution >= 4 is 29.1 Å². The molecule has 1 amide bonds. The van der Waals surface area contributed by atoms with Crippen LogP contribution in [0.1, 0.15) is 22.9 Å². The van der Waals surface area contributed by atoms with Gasteiger partial charge in [0.05, 0.1) is 38.6 Å². The summed E-state index contributed by atoms with van der Waals surface area (Å²) in [6.07, 6.45) is 1.49. The number of carbonyl (C=O) groups excluding carboxylic acids is 2. The van der Waals surface area contributed by atoms with Crippen molar-refractivity contribution < 1.29 is 28.6 Å². The number of likely N-dealkylation sites (tertiary alicyclic amines) is 1. The maximum Gasteiger partial charge on any atom is 0.296 e. The zero-order valence-electron chi connectivity index (χ0n) is 17.4. The van der Waals surface area contributed by atoms with Crippen LogP contribution < -0.4 is 9.47 Å². The van der Waals surface area contributed by atoms with E-state index in [2.05, 4.69) is 0 Å². The highest BCUT2D eigenvalue weighted by atomic mass is 35.5. The van der Waals surface area contributed by atoms with Gasteiger partial charge in [-0.3, -0.25) is 9.59 Å². The van der Waals surface area contributed by atoms with Crippen molar-refractivity contribution in [1.29, 1.82) is 0 Å². The van der Waals surface area contributed by atoms with Crippen LogP contribution in [0, 0.1) is 0 Å². The van der Waals surface area contributed by atoms with Crippen molar-refractivity contribution in [2.45, 2.75) is 12.6 Å². The van der Waals surface area contributed by atoms with Gasteiger partial charge in [0.1, 0.15) is 23.0 Å². The van der Waals surface area contributed by atoms with Gasteiger partial charge in [0.2, 0.25) is 0 Å². The normalized spacial score (nSPS) is 17.6. The lowest BCUT2D eigenvalue weighted by atomic mass is 9.94. The van der Waals surface area contributed by atoms with Crippen molar-refractivity contribution in [3.05, 3.63) is 88.3 Å². The zero-order valence-corrected chi connectivity index (χ0v) is 18.1. The smallest absolute Gasteiger partial charge is 0.296 e. The van der Waals surface area contributed by atoms with Crippen LogP contribution in [-0.2, 0) is 16.1 Å². The lowest BCUT2D eigenvalue weighted by molar-refractivity contribution is -0.140.